The maximum Gasteiger partial charge on any atom is 0.150 e. The van der Waals surface area contributed by atoms with Gasteiger partial charge in [-0.05, 0) is 0 Å². The molecule has 0 spiro atoms. The molecule has 0 bridgehead atoms. The van der Waals surface area contributed by atoms with Crippen LogP contribution in [-0.4, -0.2) is 97.3 Å². The summed E-state index contributed by atoms with van der Waals surface area (Å²) in [6.07, 6.45) is -10.7. The van der Waals surface area contributed by atoms with Crippen molar-refractivity contribution in [1.82, 2.24) is 0 Å². The minimum absolute atomic E-state index is 0.370. The summed E-state index contributed by atoms with van der Waals surface area (Å²) >= 11 is 0. The minimum Gasteiger partial charge on any atom is -0.394 e. The molecule has 2 heterocycles. The molecule has 117 valence electrons. The summed E-state index contributed by atoms with van der Waals surface area (Å²) in [4.78, 5) is 0. The monoisotopic (exact) mass is 295 g/mol. The van der Waals surface area contributed by atoms with Gasteiger partial charge in [-0.25, -0.2) is 0 Å². The normalized spacial score (nSPS) is 53.9. The second-order valence-electron chi connectivity index (χ2n) is 5.10. The molecular weight excluding hydrogens is 276 g/mol. The number of hydrogen-bond acceptors (Lipinski definition) is 9. The highest BCUT2D eigenvalue weighted by atomic mass is 16.6. The lowest BCUT2D eigenvalue weighted by Crippen LogP contribution is -2.70. The van der Waals surface area contributed by atoms with Crippen molar-refractivity contribution in [2.24, 2.45) is 0 Å². The molecule has 9 heteroatoms. The van der Waals surface area contributed by atoms with Gasteiger partial charge in [-0.1, -0.05) is 0 Å². The number of aliphatic hydroxyl groups is 7. The molecule has 0 aliphatic carbocycles. The largest absolute Gasteiger partial charge is 0.394 e. The predicted octanol–water partition coefficient (Wildman–Crippen LogP) is -4.53. The van der Waals surface area contributed by atoms with E-state index < -0.39 is 54.9 Å². The van der Waals surface area contributed by atoms with Gasteiger partial charge in [0.05, 0.1) is 13.2 Å². The SMILES string of the molecule is OC[C@H]1O[CH][C@@](O)([C@@H]2OC[C@@H](O)[C@H](O)[C@H]2O)[C@@H](O)[C@@H]1O. The number of ether oxygens (including phenoxy) is 2. The summed E-state index contributed by atoms with van der Waals surface area (Å²) in [5, 5.41) is 67.8. The molecule has 0 aromatic rings. The van der Waals surface area contributed by atoms with Crippen LogP contribution in [0, 0.1) is 6.61 Å². The first-order chi connectivity index (χ1) is 9.32. The second-order valence-corrected chi connectivity index (χ2v) is 5.10. The van der Waals surface area contributed by atoms with Crippen molar-refractivity contribution in [3.05, 3.63) is 6.61 Å². The highest BCUT2D eigenvalue weighted by Crippen LogP contribution is 2.35. The van der Waals surface area contributed by atoms with Crippen LogP contribution in [0.15, 0.2) is 0 Å². The summed E-state index contributed by atoms with van der Waals surface area (Å²) in [5.41, 5.74) is -2.30. The van der Waals surface area contributed by atoms with E-state index in [0.29, 0.717) is 0 Å². The molecule has 1 radical (unpaired) electrons. The molecule has 2 fully saturated rings. The van der Waals surface area contributed by atoms with Gasteiger partial charge < -0.3 is 45.2 Å². The Balaban J connectivity index is 2.18. The molecule has 9 nitrogen and oxygen atoms in total. The van der Waals surface area contributed by atoms with Crippen molar-refractivity contribution in [3.8, 4) is 0 Å². The lowest BCUT2D eigenvalue weighted by atomic mass is 9.79. The Kier molecular flexibility index (Phi) is 4.64. The Hall–Kier alpha value is -0.360. The fourth-order valence-corrected chi connectivity index (χ4v) is 2.42. The average Bonchev–Trinajstić information content (AvgIpc) is 2.43. The Morgan fingerprint density at radius 2 is 1.70 bits per heavy atom. The molecule has 7 N–H and O–H groups in total. The molecule has 0 amide bonds. The van der Waals surface area contributed by atoms with Crippen molar-refractivity contribution in [2.45, 2.75) is 48.3 Å². The van der Waals surface area contributed by atoms with Gasteiger partial charge in [-0.3, -0.25) is 0 Å². The van der Waals surface area contributed by atoms with Crippen molar-refractivity contribution in [2.75, 3.05) is 13.2 Å². The van der Waals surface area contributed by atoms with Crippen LogP contribution >= 0.6 is 0 Å². The highest BCUT2D eigenvalue weighted by Gasteiger charge is 2.58. The molecule has 0 unspecified atom stereocenters. The Morgan fingerprint density at radius 1 is 1.05 bits per heavy atom. The van der Waals surface area contributed by atoms with Gasteiger partial charge in [-0.2, -0.15) is 0 Å². The molecule has 0 aromatic heterocycles. The van der Waals surface area contributed by atoms with Gasteiger partial charge in [0, 0.05) is 0 Å². The van der Waals surface area contributed by atoms with Crippen LogP contribution in [0.1, 0.15) is 0 Å². The van der Waals surface area contributed by atoms with Gasteiger partial charge in [0.15, 0.2) is 5.60 Å². The smallest absolute Gasteiger partial charge is 0.150 e. The zero-order valence-corrected chi connectivity index (χ0v) is 10.5. The van der Waals surface area contributed by atoms with E-state index in [9.17, 15) is 30.6 Å². The standard InChI is InChI=1S/C11H19O9/c12-1-5-7(15)9(17)11(18,3-20-5)10-8(16)6(14)4(13)2-19-10/h3-10,12-18H,1-2H2/t4-,5-,6+,7-,8-,9+,10-,11+/m1/s1. The summed E-state index contributed by atoms with van der Waals surface area (Å²) in [5.74, 6) is 0. The maximum atomic E-state index is 10.4. The van der Waals surface area contributed by atoms with Crippen molar-refractivity contribution in [1.29, 1.82) is 0 Å². The zero-order valence-electron chi connectivity index (χ0n) is 10.5. The molecule has 8 atom stereocenters. The lowest BCUT2D eigenvalue weighted by Gasteiger charge is -2.49. The second kappa shape index (κ2) is 5.79. The number of hydrogen-bond donors (Lipinski definition) is 7. The molecule has 0 saturated carbocycles. The van der Waals surface area contributed by atoms with E-state index in [2.05, 4.69) is 0 Å². The summed E-state index contributed by atoms with van der Waals surface area (Å²) in [7, 11) is 0. The van der Waals surface area contributed by atoms with E-state index in [1.54, 1.807) is 0 Å². The first-order valence-corrected chi connectivity index (χ1v) is 6.18. The summed E-state index contributed by atoms with van der Waals surface area (Å²) in [6, 6.07) is 0. The number of rotatable bonds is 2. The average molecular weight is 295 g/mol. The van der Waals surface area contributed by atoms with Crippen LogP contribution in [-0.2, 0) is 9.47 Å². The van der Waals surface area contributed by atoms with Gasteiger partial charge >= 0.3 is 0 Å². The molecule has 2 aliphatic rings. The molecule has 2 aliphatic heterocycles. The van der Waals surface area contributed by atoms with E-state index in [1.165, 1.54) is 0 Å². The third-order valence-corrected chi connectivity index (χ3v) is 3.75. The lowest BCUT2D eigenvalue weighted by molar-refractivity contribution is -0.290. The van der Waals surface area contributed by atoms with Gasteiger partial charge in [0.2, 0.25) is 0 Å². The zero-order chi connectivity index (χ0) is 15.1. The molecular formula is C11H19O9. The van der Waals surface area contributed by atoms with Crippen LogP contribution in [0.4, 0.5) is 0 Å². The topological polar surface area (TPSA) is 160 Å². The Labute approximate surface area is 114 Å². The third kappa shape index (κ3) is 2.45. The first kappa shape index (κ1) is 16.0. The Morgan fingerprint density at radius 3 is 2.30 bits per heavy atom. The molecule has 2 rings (SSSR count). The van der Waals surface area contributed by atoms with Crippen LogP contribution in [0.2, 0.25) is 0 Å². The van der Waals surface area contributed by atoms with Gasteiger partial charge in [0.25, 0.3) is 0 Å². The predicted molar refractivity (Wildman–Crippen MR) is 61.0 cm³/mol. The van der Waals surface area contributed by atoms with Crippen molar-refractivity contribution in [3.63, 3.8) is 0 Å². The van der Waals surface area contributed by atoms with Crippen molar-refractivity contribution < 1.29 is 45.2 Å². The maximum absolute atomic E-state index is 10.4. The summed E-state index contributed by atoms with van der Waals surface area (Å²) in [6.45, 7) is -0.199. The van der Waals surface area contributed by atoms with Crippen LogP contribution in [0.25, 0.3) is 0 Å². The van der Waals surface area contributed by atoms with E-state index >= 15 is 0 Å². The van der Waals surface area contributed by atoms with E-state index in [0.717, 1.165) is 6.61 Å². The quantitative estimate of drug-likeness (QED) is 0.266. The highest BCUT2D eigenvalue weighted by molar-refractivity contribution is 5.12. The molecule has 2 saturated heterocycles. The van der Waals surface area contributed by atoms with Gasteiger partial charge in [0.1, 0.15) is 49.3 Å². The van der Waals surface area contributed by atoms with Crippen LogP contribution in [0.5, 0.6) is 0 Å². The number of aliphatic hydroxyl groups excluding tert-OH is 6. The van der Waals surface area contributed by atoms with Crippen molar-refractivity contribution >= 4 is 0 Å². The Bertz CT molecular complexity index is 340. The van der Waals surface area contributed by atoms with E-state index in [4.69, 9.17) is 14.6 Å². The fourth-order valence-electron chi connectivity index (χ4n) is 2.42. The molecule has 20 heavy (non-hydrogen) atoms. The third-order valence-electron chi connectivity index (χ3n) is 3.75. The van der Waals surface area contributed by atoms with Crippen LogP contribution in [0.3, 0.4) is 0 Å². The van der Waals surface area contributed by atoms with E-state index in [-0.39, 0.29) is 6.61 Å². The molecule has 0 aromatic carbocycles. The fraction of sp³-hybridized carbons (Fsp3) is 0.909. The minimum atomic E-state index is -2.30. The summed E-state index contributed by atoms with van der Waals surface area (Å²) < 4.78 is 9.97. The first-order valence-electron chi connectivity index (χ1n) is 6.18. The van der Waals surface area contributed by atoms with E-state index in [1.807, 2.05) is 0 Å². The van der Waals surface area contributed by atoms with Crippen LogP contribution < -0.4 is 0 Å². The van der Waals surface area contributed by atoms with Gasteiger partial charge in [-0.15, -0.1) is 0 Å².